The molecule has 0 amide bonds. The van der Waals surface area contributed by atoms with E-state index >= 15 is 0 Å². The molecule has 0 saturated carbocycles. The van der Waals surface area contributed by atoms with Crippen LogP contribution in [0.4, 0.5) is 24.1 Å². The Bertz CT molecular complexity index is 733. The molecule has 2 unspecified atom stereocenters. The van der Waals surface area contributed by atoms with Crippen LogP contribution in [0.2, 0.25) is 0 Å². The molecule has 128 valence electrons. The molecule has 5 nitrogen and oxygen atoms in total. The summed E-state index contributed by atoms with van der Waals surface area (Å²) in [5, 5.41) is 10.0. The monoisotopic (exact) mass is 355 g/mol. The van der Waals surface area contributed by atoms with Crippen LogP contribution in [-0.2, 0) is 6.18 Å². The van der Waals surface area contributed by atoms with E-state index in [0.29, 0.717) is 24.9 Å². The van der Waals surface area contributed by atoms with Gasteiger partial charge in [0.1, 0.15) is 10.8 Å². The molecular formula is C15H16F3N5S. The number of fused-ring (bicyclic) bond motifs is 1. The Balaban J connectivity index is 1.50. The molecule has 0 N–H and O–H groups in total. The summed E-state index contributed by atoms with van der Waals surface area (Å²) in [4.78, 5) is 7.98. The molecule has 2 aromatic rings. The minimum atomic E-state index is -4.38. The Morgan fingerprint density at radius 3 is 2.33 bits per heavy atom. The Kier molecular flexibility index (Phi) is 3.63. The first-order chi connectivity index (χ1) is 11.4. The van der Waals surface area contributed by atoms with Gasteiger partial charge in [-0.05, 0) is 19.1 Å². The van der Waals surface area contributed by atoms with E-state index in [-0.39, 0.29) is 5.82 Å². The van der Waals surface area contributed by atoms with Crippen LogP contribution in [0.15, 0.2) is 18.3 Å². The number of hydrogen-bond donors (Lipinski definition) is 0. The molecule has 2 fully saturated rings. The van der Waals surface area contributed by atoms with Crippen molar-refractivity contribution < 1.29 is 13.2 Å². The molecule has 0 aromatic carbocycles. The lowest BCUT2D eigenvalue weighted by atomic mass is 10.0. The quantitative estimate of drug-likeness (QED) is 0.829. The minimum absolute atomic E-state index is 0.0534. The van der Waals surface area contributed by atoms with Gasteiger partial charge in [0.2, 0.25) is 5.13 Å². The lowest BCUT2D eigenvalue weighted by Gasteiger charge is -2.24. The maximum atomic E-state index is 13.2. The van der Waals surface area contributed by atoms with Gasteiger partial charge in [-0.1, -0.05) is 11.3 Å². The zero-order valence-corrected chi connectivity index (χ0v) is 13.8. The molecule has 0 bridgehead atoms. The predicted octanol–water partition coefficient (Wildman–Crippen LogP) is 2.83. The number of hydrogen-bond acceptors (Lipinski definition) is 6. The molecule has 2 aliphatic rings. The van der Waals surface area contributed by atoms with Gasteiger partial charge in [0, 0.05) is 44.2 Å². The summed E-state index contributed by atoms with van der Waals surface area (Å²) in [7, 11) is 0. The van der Waals surface area contributed by atoms with Crippen molar-refractivity contribution in [3.8, 4) is 0 Å². The standard InChI is InChI=1S/C15H16F3N5S/c1-9-20-21-14(24-9)23-7-10-5-22(6-11(10)8-23)13-12(15(16,17)18)3-2-4-19-13/h2-4,10-11H,5-8H2,1H3. The molecular weight excluding hydrogens is 339 g/mol. The fourth-order valence-electron chi connectivity index (χ4n) is 3.61. The number of aromatic nitrogens is 3. The molecule has 2 atom stereocenters. The summed E-state index contributed by atoms with van der Waals surface area (Å²) in [5.74, 6) is 0.715. The Hall–Kier alpha value is -1.90. The fraction of sp³-hybridized carbons (Fsp3) is 0.533. The van der Waals surface area contributed by atoms with Gasteiger partial charge in [-0.2, -0.15) is 13.2 Å². The van der Waals surface area contributed by atoms with Crippen LogP contribution in [0.3, 0.4) is 0 Å². The minimum Gasteiger partial charge on any atom is -0.355 e. The highest BCUT2D eigenvalue weighted by atomic mass is 32.1. The van der Waals surface area contributed by atoms with Crippen molar-refractivity contribution in [2.45, 2.75) is 13.1 Å². The van der Waals surface area contributed by atoms with Crippen molar-refractivity contribution in [2.24, 2.45) is 11.8 Å². The lowest BCUT2D eigenvalue weighted by Crippen LogP contribution is -2.30. The van der Waals surface area contributed by atoms with Crippen LogP contribution in [0.25, 0.3) is 0 Å². The Labute approximate surface area is 141 Å². The summed E-state index contributed by atoms with van der Waals surface area (Å²) in [6.07, 6.45) is -2.95. The molecule has 2 saturated heterocycles. The highest BCUT2D eigenvalue weighted by molar-refractivity contribution is 7.15. The van der Waals surface area contributed by atoms with E-state index in [0.717, 1.165) is 29.3 Å². The first-order valence-electron chi connectivity index (χ1n) is 7.74. The van der Waals surface area contributed by atoms with Gasteiger partial charge in [-0.25, -0.2) is 4.98 Å². The second-order valence-electron chi connectivity index (χ2n) is 6.31. The van der Waals surface area contributed by atoms with Gasteiger partial charge in [-0.3, -0.25) is 0 Å². The van der Waals surface area contributed by atoms with Crippen molar-refractivity contribution in [2.75, 3.05) is 36.0 Å². The zero-order valence-electron chi connectivity index (χ0n) is 13.0. The number of rotatable bonds is 2. The van der Waals surface area contributed by atoms with E-state index in [9.17, 15) is 13.2 Å². The Morgan fingerprint density at radius 2 is 1.75 bits per heavy atom. The second-order valence-corrected chi connectivity index (χ2v) is 7.47. The second kappa shape index (κ2) is 5.58. The zero-order chi connectivity index (χ0) is 16.9. The average Bonchev–Trinajstić information content (AvgIpc) is 3.19. The largest absolute Gasteiger partial charge is 0.419 e. The highest BCUT2D eigenvalue weighted by Gasteiger charge is 2.44. The van der Waals surface area contributed by atoms with E-state index in [1.165, 1.54) is 12.3 Å². The average molecular weight is 355 g/mol. The molecule has 9 heteroatoms. The van der Waals surface area contributed by atoms with Crippen LogP contribution >= 0.6 is 11.3 Å². The Morgan fingerprint density at radius 1 is 1.08 bits per heavy atom. The van der Waals surface area contributed by atoms with Crippen LogP contribution < -0.4 is 9.80 Å². The third kappa shape index (κ3) is 2.70. The number of alkyl halides is 3. The fourth-order valence-corrected chi connectivity index (χ4v) is 4.31. The van der Waals surface area contributed by atoms with Gasteiger partial charge in [-0.15, -0.1) is 10.2 Å². The molecule has 4 rings (SSSR count). The van der Waals surface area contributed by atoms with Crippen LogP contribution in [0.5, 0.6) is 0 Å². The summed E-state index contributed by atoms with van der Waals surface area (Å²) in [6, 6.07) is 2.44. The smallest absolute Gasteiger partial charge is 0.355 e. The van der Waals surface area contributed by atoms with Crippen LogP contribution in [0.1, 0.15) is 10.6 Å². The predicted molar refractivity (Wildman–Crippen MR) is 85.3 cm³/mol. The highest BCUT2D eigenvalue weighted by Crippen LogP contribution is 2.40. The van der Waals surface area contributed by atoms with Gasteiger partial charge in [0.25, 0.3) is 0 Å². The molecule has 4 heterocycles. The third-order valence-corrected chi connectivity index (χ3v) is 5.56. The summed E-state index contributed by atoms with van der Waals surface area (Å²) >= 11 is 1.56. The normalized spacial score (nSPS) is 23.8. The first kappa shape index (κ1) is 15.6. The van der Waals surface area contributed by atoms with Crippen molar-refractivity contribution in [1.82, 2.24) is 15.2 Å². The van der Waals surface area contributed by atoms with E-state index in [2.05, 4.69) is 20.1 Å². The van der Waals surface area contributed by atoms with Crippen molar-refractivity contribution in [1.29, 1.82) is 0 Å². The van der Waals surface area contributed by atoms with Gasteiger partial charge in [0.05, 0.1) is 5.56 Å². The number of halogens is 3. The van der Waals surface area contributed by atoms with E-state index in [1.54, 1.807) is 16.2 Å². The topological polar surface area (TPSA) is 45.2 Å². The van der Waals surface area contributed by atoms with Gasteiger partial charge < -0.3 is 9.80 Å². The third-order valence-electron chi connectivity index (χ3n) is 4.66. The van der Waals surface area contributed by atoms with Crippen LogP contribution in [0, 0.1) is 18.8 Å². The van der Waals surface area contributed by atoms with E-state index in [1.807, 2.05) is 6.92 Å². The van der Waals surface area contributed by atoms with Crippen molar-refractivity contribution in [3.63, 3.8) is 0 Å². The summed E-state index contributed by atoms with van der Waals surface area (Å²) in [6.45, 7) is 4.73. The summed E-state index contributed by atoms with van der Waals surface area (Å²) in [5.41, 5.74) is -0.651. The van der Waals surface area contributed by atoms with Crippen LogP contribution in [-0.4, -0.2) is 41.4 Å². The summed E-state index contributed by atoms with van der Waals surface area (Å²) < 4.78 is 39.6. The molecule has 0 radical (unpaired) electrons. The molecule has 2 aromatic heterocycles. The molecule has 0 aliphatic carbocycles. The number of pyridine rings is 1. The number of nitrogens with zero attached hydrogens (tertiary/aromatic N) is 5. The van der Waals surface area contributed by atoms with E-state index < -0.39 is 11.7 Å². The maximum Gasteiger partial charge on any atom is 0.419 e. The molecule has 24 heavy (non-hydrogen) atoms. The number of aryl methyl sites for hydroxylation is 1. The SMILES string of the molecule is Cc1nnc(N2CC3CN(c4ncccc4C(F)(F)F)CC3C2)s1. The first-order valence-corrected chi connectivity index (χ1v) is 8.55. The lowest BCUT2D eigenvalue weighted by molar-refractivity contribution is -0.137. The number of anilines is 2. The molecule has 2 aliphatic heterocycles. The van der Waals surface area contributed by atoms with Gasteiger partial charge >= 0.3 is 6.18 Å². The van der Waals surface area contributed by atoms with Gasteiger partial charge in [0.15, 0.2) is 0 Å². The molecule has 0 spiro atoms. The maximum absolute atomic E-state index is 13.2. The van der Waals surface area contributed by atoms with Crippen molar-refractivity contribution >= 4 is 22.3 Å². The van der Waals surface area contributed by atoms with E-state index in [4.69, 9.17) is 0 Å². The van der Waals surface area contributed by atoms with Crippen molar-refractivity contribution in [3.05, 3.63) is 28.9 Å².